The van der Waals surface area contributed by atoms with Crippen LogP contribution in [0.1, 0.15) is 65.0 Å². The molecule has 0 radical (unpaired) electrons. The van der Waals surface area contributed by atoms with E-state index in [9.17, 15) is 0 Å². The van der Waals surface area contributed by atoms with Crippen LogP contribution in [0.5, 0.6) is 0 Å². The number of fused-ring (bicyclic) bond motifs is 1. The van der Waals surface area contributed by atoms with Crippen LogP contribution in [0.4, 0.5) is 10.2 Å². The molecule has 1 aromatic heterocycles. The van der Waals surface area contributed by atoms with Crippen LogP contribution in [0.15, 0.2) is 46.9 Å². The van der Waals surface area contributed by atoms with Gasteiger partial charge < -0.3 is 20.4 Å². The SMILES string of the molecule is CC(C)N1[C@@H]2CC(c3cc(NC4=CC[C@H](CN5CCC(N6CCCC6)CC5)C=N4)ncn3)=CC(F)=C2N[C@@H]1C. The smallest absolute Gasteiger partial charge is 0.144 e. The number of aromatic nitrogens is 2. The summed E-state index contributed by atoms with van der Waals surface area (Å²) in [6.07, 6.45) is 14.6. The van der Waals surface area contributed by atoms with Gasteiger partial charge in [-0.05, 0) is 103 Å². The van der Waals surface area contributed by atoms with Gasteiger partial charge in [-0.2, -0.15) is 0 Å². The molecule has 3 fully saturated rings. The summed E-state index contributed by atoms with van der Waals surface area (Å²) < 4.78 is 15.1. The second-order valence-corrected chi connectivity index (χ2v) is 12.1. The zero-order valence-electron chi connectivity index (χ0n) is 23.6. The van der Waals surface area contributed by atoms with Gasteiger partial charge in [-0.1, -0.05) is 0 Å². The maximum Gasteiger partial charge on any atom is 0.144 e. The van der Waals surface area contributed by atoms with Gasteiger partial charge in [-0.25, -0.2) is 19.4 Å². The Morgan fingerprint density at radius 2 is 1.92 bits per heavy atom. The molecule has 210 valence electrons. The Hall–Kier alpha value is -2.62. The lowest BCUT2D eigenvalue weighted by Gasteiger charge is -2.37. The minimum atomic E-state index is -0.199. The standard InChI is InChI=1S/C30H43FN8/c1-20(2)39-21(3)35-30-25(31)14-23(15-27(30)39)26-16-29(34-19-33-26)36-28-7-6-22(17-32-28)18-37-12-8-24(9-13-37)38-10-4-5-11-38/h7,14,16-17,19-22,24,27,35H,4-6,8-13,15,18H2,1-3H3,(H,33,34,36)/t21-,22-,27+/m0/s1. The predicted molar refractivity (Wildman–Crippen MR) is 155 cm³/mol. The molecule has 0 amide bonds. The van der Waals surface area contributed by atoms with Crippen LogP contribution >= 0.6 is 0 Å². The molecule has 2 N–H and O–H groups in total. The van der Waals surface area contributed by atoms with Crippen molar-refractivity contribution in [1.82, 2.24) is 30.0 Å². The minimum Gasteiger partial charge on any atom is -0.370 e. The highest BCUT2D eigenvalue weighted by Crippen LogP contribution is 2.38. The second-order valence-electron chi connectivity index (χ2n) is 12.1. The van der Waals surface area contributed by atoms with Crippen LogP contribution in [0, 0.1) is 5.92 Å². The molecular weight excluding hydrogens is 491 g/mol. The van der Waals surface area contributed by atoms with Crippen molar-refractivity contribution in [3.63, 3.8) is 0 Å². The highest BCUT2D eigenvalue weighted by Gasteiger charge is 2.40. The molecule has 0 spiro atoms. The molecule has 3 atom stereocenters. The van der Waals surface area contributed by atoms with Gasteiger partial charge in [0.15, 0.2) is 0 Å². The van der Waals surface area contributed by atoms with Gasteiger partial charge in [0.05, 0.1) is 23.6 Å². The topological polar surface area (TPSA) is 71.9 Å². The maximum atomic E-state index is 15.1. The summed E-state index contributed by atoms with van der Waals surface area (Å²) in [5.74, 6) is 1.74. The quantitative estimate of drug-likeness (QED) is 0.538. The number of anilines is 1. The Labute approximate surface area is 232 Å². The van der Waals surface area contributed by atoms with Gasteiger partial charge >= 0.3 is 0 Å². The van der Waals surface area contributed by atoms with E-state index in [0.717, 1.165) is 36.1 Å². The third-order valence-electron chi connectivity index (χ3n) is 9.07. The number of piperidine rings is 1. The van der Waals surface area contributed by atoms with Gasteiger partial charge in [0.2, 0.25) is 0 Å². The van der Waals surface area contributed by atoms with Crippen molar-refractivity contribution in [2.24, 2.45) is 10.9 Å². The average Bonchev–Trinajstić information content (AvgIpc) is 3.59. The lowest BCUT2D eigenvalue weighted by molar-refractivity contribution is 0.122. The molecule has 0 unspecified atom stereocenters. The monoisotopic (exact) mass is 534 g/mol. The first-order chi connectivity index (χ1) is 18.9. The van der Waals surface area contributed by atoms with Crippen molar-refractivity contribution < 1.29 is 4.39 Å². The number of nitrogens with one attached hydrogen (secondary N) is 2. The molecule has 3 saturated heterocycles. The fourth-order valence-electron chi connectivity index (χ4n) is 7.14. The van der Waals surface area contributed by atoms with Crippen molar-refractivity contribution in [2.75, 3.05) is 38.0 Å². The van der Waals surface area contributed by atoms with E-state index in [4.69, 9.17) is 4.99 Å². The number of allylic oxidation sites excluding steroid dienone is 3. The molecule has 0 aromatic carbocycles. The maximum absolute atomic E-state index is 15.1. The van der Waals surface area contributed by atoms with E-state index in [1.807, 2.05) is 6.07 Å². The molecule has 1 aromatic rings. The predicted octanol–water partition coefficient (Wildman–Crippen LogP) is 4.38. The highest BCUT2D eigenvalue weighted by molar-refractivity contribution is 5.71. The van der Waals surface area contributed by atoms with Crippen LogP contribution in [0.25, 0.3) is 5.57 Å². The second kappa shape index (κ2) is 11.5. The third kappa shape index (κ3) is 5.81. The van der Waals surface area contributed by atoms with E-state index in [0.29, 0.717) is 29.9 Å². The Balaban J connectivity index is 1.03. The molecule has 0 bridgehead atoms. The minimum absolute atomic E-state index is 0.0000295. The lowest BCUT2D eigenvalue weighted by Crippen LogP contribution is -2.45. The van der Waals surface area contributed by atoms with E-state index < -0.39 is 0 Å². The van der Waals surface area contributed by atoms with E-state index in [2.05, 4.69) is 68.4 Å². The zero-order chi connectivity index (χ0) is 26.9. The van der Waals surface area contributed by atoms with Gasteiger partial charge in [0.1, 0.15) is 23.8 Å². The summed E-state index contributed by atoms with van der Waals surface area (Å²) in [5, 5.41) is 6.68. The molecule has 1 aliphatic carbocycles. The molecule has 0 saturated carbocycles. The molecule has 4 aliphatic heterocycles. The number of aliphatic imine (C=N–C) groups is 1. The van der Waals surface area contributed by atoms with Gasteiger partial charge in [0, 0.05) is 36.8 Å². The fraction of sp³-hybridized carbons (Fsp3) is 0.633. The summed E-state index contributed by atoms with van der Waals surface area (Å²) in [6, 6.07) is 3.01. The number of halogens is 1. The molecule has 6 rings (SSSR count). The van der Waals surface area contributed by atoms with Crippen LogP contribution < -0.4 is 10.6 Å². The molecular formula is C30H43FN8. The molecule has 8 nitrogen and oxygen atoms in total. The lowest BCUT2D eigenvalue weighted by atomic mass is 9.94. The Morgan fingerprint density at radius 3 is 2.64 bits per heavy atom. The van der Waals surface area contributed by atoms with Crippen molar-refractivity contribution in [3.05, 3.63) is 47.6 Å². The van der Waals surface area contributed by atoms with Crippen LogP contribution in [-0.4, -0.2) is 87.9 Å². The molecule has 5 heterocycles. The number of nitrogens with zero attached hydrogens (tertiary/aromatic N) is 6. The average molecular weight is 535 g/mol. The molecule has 5 aliphatic rings. The van der Waals surface area contributed by atoms with Crippen molar-refractivity contribution in [3.8, 4) is 0 Å². The zero-order valence-corrected chi connectivity index (χ0v) is 23.6. The molecule has 9 heteroatoms. The summed E-state index contributed by atoms with van der Waals surface area (Å²) in [4.78, 5) is 21.3. The number of rotatable bonds is 7. The van der Waals surface area contributed by atoms with Crippen LogP contribution in [-0.2, 0) is 0 Å². The first kappa shape index (κ1) is 26.6. The van der Waals surface area contributed by atoms with Gasteiger partial charge in [0.25, 0.3) is 0 Å². The van der Waals surface area contributed by atoms with E-state index in [1.165, 1.54) is 51.9 Å². The van der Waals surface area contributed by atoms with Gasteiger partial charge in [-0.3, -0.25) is 4.90 Å². The Bertz CT molecular complexity index is 1160. The fourth-order valence-corrected chi connectivity index (χ4v) is 7.14. The number of hydrogen-bond acceptors (Lipinski definition) is 8. The third-order valence-corrected chi connectivity index (χ3v) is 9.07. The van der Waals surface area contributed by atoms with Crippen molar-refractivity contribution in [1.29, 1.82) is 0 Å². The Kier molecular flexibility index (Phi) is 7.82. The summed E-state index contributed by atoms with van der Waals surface area (Å²) in [5.41, 5.74) is 2.34. The normalized spacial score (nSPS) is 29.0. The summed E-state index contributed by atoms with van der Waals surface area (Å²) in [6.45, 7) is 12.5. The number of likely N-dealkylation sites (tertiary alicyclic amines) is 2. The highest BCUT2D eigenvalue weighted by atomic mass is 19.1. The van der Waals surface area contributed by atoms with E-state index >= 15 is 4.39 Å². The van der Waals surface area contributed by atoms with Crippen LogP contribution in [0.2, 0.25) is 0 Å². The van der Waals surface area contributed by atoms with Crippen molar-refractivity contribution >= 4 is 17.6 Å². The van der Waals surface area contributed by atoms with E-state index in [1.54, 1.807) is 12.4 Å². The Morgan fingerprint density at radius 1 is 1.13 bits per heavy atom. The van der Waals surface area contributed by atoms with Crippen LogP contribution in [0.3, 0.4) is 0 Å². The summed E-state index contributed by atoms with van der Waals surface area (Å²) in [7, 11) is 0. The van der Waals surface area contributed by atoms with E-state index in [-0.39, 0.29) is 18.0 Å². The van der Waals surface area contributed by atoms with Crippen molar-refractivity contribution in [2.45, 2.75) is 83.6 Å². The largest absolute Gasteiger partial charge is 0.370 e. The number of hydrogen-bond donors (Lipinski definition) is 2. The van der Waals surface area contributed by atoms with Gasteiger partial charge in [-0.15, -0.1) is 0 Å². The summed E-state index contributed by atoms with van der Waals surface area (Å²) >= 11 is 0. The molecule has 39 heavy (non-hydrogen) atoms. The first-order valence-electron chi connectivity index (χ1n) is 14.9. The first-order valence-corrected chi connectivity index (χ1v) is 14.9.